The van der Waals surface area contributed by atoms with Crippen LogP contribution in [-0.2, 0) is 0 Å². The van der Waals surface area contributed by atoms with Crippen LogP contribution in [0.2, 0.25) is 0 Å². The molecule has 1 aromatic heterocycles. The van der Waals surface area contributed by atoms with Crippen LogP contribution in [0.1, 0.15) is 10.4 Å². The lowest BCUT2D eigenvalue weighted by atomic mass is 10.0. The molecular weight excluding hydrogens is 453 g/mol. The van der Waals surface area contributed by atoms with E-state index >= 15 is 0 Å². The van der Waals surface area contributed by atoms with E-state index in [0.717, 1.165) is 14.6 Å². The third-order valence-corrected chi connectivity index (χ3v) is 4.90. The van der Waals surface area contributed by atoms with Gasteiger partial charge in [-0.3, -0.25) is 4.79 Å². The fraction of sp³-hybridized carbons (Fsp3) is 0. The molecule has 0 fully saturated rings. The minimum Gasteiger partial charge on any atom is -0.422 e. The first kappa shape index (κ1) is 17.5. The Morgan fingerprint density at radius 1 is 0.889 bits per heavy atom. The van der Waals surface area contributed by atoms with E-state index in [1.165, 1.54) is 0 Å². The summed E-state index contributed by atoms with van der Waals surface area (Å²) in [6, 6.07) is 23.6. The van der Waals surface area contributed by atoms with Crippen LogP contribution in [-0.4, -0.2) is 5.91 Å². The first-order valence-corrected chi connectivity index (χ1v) is 9.38. The Hall–Kier alpha value is -2.93. The average molecular weight is 467 g/mol. The Morgan fingerprint density at radius 2 is 1.67 bits per heavy atom. The van der Waals surface area contributed by atoms with E-state index in [0.29, 0.717) is 22.3 Å². The average Bonchev–Trinajstić information content (AvgIpc) is 2.69. The topological polar surface area (TPSA) is 59.3 Å². The second-order valence-electron chi connectivity index (χ2n) is 6.03. The van der Waals surface area contributed by atoms with E-state index in [1.54, 1.807) is 36.4 Å². The van der Waals surface area contributed by atoms with Crippen LogP contribution >= 0.6 is 22.6 Å². The summed E-state index contributed by atoms with van der Waals surface area (Å²) in [6.07, 6.45) is 0. The van der Waals surface area contributed by atoms with Gasteiger partial charge in [0.2, 0.25) is 0 Å². The molecule has 27 heavy (non-hydrogen) atoms. The summed E-state index contributed by atoms with van der Waals surface area (Å²) < 4.78 is 6.49. The number of para-hydroxylation sites is 1. The summed E-state index contributed by atoms with van der Waals surface area (Å²) in [7, 11) is 0. The van der Waals surface area contributed by atoms with Gasteiger partial charge in [0, 0.05) is 20.2 Å². The molecule has 1 amide bonds. The third kappa shape index (κ3) is 3.78. The van der Waals surface area contributed by atoms with E-state index in [1.807, 2.05) is 42.5 Å². The summed E-state index contributed by atoms with van der Waals surface area (Å²) in [6.45, 7) is 0. The Balaban J connectivity index is 1.68. The molecule has 0 bridgehead atoms. The lowest BCUT2D eigenvalue weighted by Gasteiger charge is -2.07. The molecule has 4 aromatic rings. The molecule has 3 aromatic carbocycles. The smallest absolute Gasteiger partial charge is 0.344 e. The van der Waals surface area contributed by atoms with Gasteiger partial charge in [-0.25, -0.2) is 4.79 Å². The lowest BCUT2D eigenvalue weighted by Crippen LogP contribution is -2.12. The maximum absolute atomic E-state index is 12.6. The monoisotopic (exact) mass is 467 g/mol. The van der Waals surface area contributed by atoms with Crippen LogP contribution in [0.25, 0.3) is 22.1 Å². The number of benzene rings is 3. The minimum atomic E-state index is -0.427. The number of fused-ring (bicyclic) bond motifs is 1. The molecule has 0 saturated heterocycles. The highest BCUT2D eigenvalue weighted by molar-refractivity contribution is 14.1. The van der Waals surface area contributed by atoms with Crippen molar-refractivity contribution in [3.05, 3.63) is 98.4 Å². The van der Waals surface area contributed by atoms with Gasteiger partial charge in [-0.15, -0.1) is 0 Å². The summed E-state index contributed by atoms with van der Waals surface area (Å²) >= 11 is 2.21. The molecule has 4 rings (SSSR count). The van der Waals surface area contributed by atoms with Crippen LogP contribution in [0.3, 0.4) is 0 Å². The Morgan fingerprint density at radius 3 is 2.48 bits per heavy atom. The molecule has 1 heterocycles. The van der Waals surface area contributed by atoms with Gasteiger partial charge in [-0.05, 0) is 76.7 Å². The minimum absolute atomic E-state index is 0.233. The van der Waals surface area contributed by atoms with Crippen molar-refractivity contribution in [3.8, 4) is 11.1 Å². The van der Waals surface area contributed by atoms with Crippen molar-refractivity contribution in [2.24, 2.45) is 0 Å². The predicted molar refractivity (Wildman–Crippen MR) is 115 cm³/mol. The van der Waals surface area contributed by atoms with Gasteiger partial charge in [0.1, 0.15) is 5.58 Å². The fourth-order valence-electron chi connectivity index (χ4n) is 2.83. The van der Waals surface area contributed by atoms with Crippen molar-refractivity contribution in [1.29, 1.82) is 0 Å². The molecule has 5 heteroatoms. The van der Waals surface area contributed by atoms with Gasteiger partial charge in [0.25, 0.3) is 5.91 Å². The second kappa shape index (κ2) is 7.36. The van der Waals surface area contributed by atoms with Crippen LogP contribution in [0.4, 0.5) is 5.69 Å². The van der Waals surface area contributed by atoms with Crippen LogP contribution < -0.4 is 10.9 Å². The van der Waals surface area contributed by atoms with Crippen LogP contribution in [0.5, 0.6) is 0 Å². The van der Waals surface area contributed by atoms with Crippen molar-refractivity contribution >= 4 is 45.2 Å². The molecular formula is C22H14INO3. The lowest BCUT2D eigenvalue weighted by molar-refractivity contribution is 0.102. The maximum atomic E-state index is 12.6. The Kier molecular flexibility index (Phi) is 4.77. The standard InChI is InChI=1S/C22H14INO3/c23-17-8-10-18(11-9-17)24-21(25)16-6-3-5-14(12-16)19-13-15-4-1-2-7-20(15)27-22(19)26/h1-13H,(H,24,25). The van der Waals surface area contributed by atoms with E-state index < -0.39 is 5.63 Å². The summed E-state index contributed by atoms with van der Waals surface area (Å²) in [5, 5.41) is 3.70. The van der Waals surface area contributed by atoms with Gasteiger partial charge in [0.15, 0.2) is 0 Å². The number of hydrogen-bond acceptors (Lipinski definition) is 3. The van der Waals surface area contributed by atoms with Gasteiger partial charge in [-0.2, -0.15) is 0 Å². The largest absolute Gasteiger partial charge is 0.422 e. The first-order chi connectivity index (χ1) is 13.1. The zero-order chi connectivity index (χ0) is 18.8. The van der Waals surface area contributed by atoms with Gasteiger partial charge in [0.05, 0.1) is 5.56 Å². The van der Waals surface area contributed by atoms with Crippen LogP contribution in [0, 0.1) is 3.57 Å². The molecule has 132 valence electrons. The molecule has 0 aliphatic heterocycles. The molecule has 4 nitrogen and oxygen atoms in total. The molecule has 0 radical (unpaired) electrons. The summed E-state index contributed by atoms with van der Waals surface area (Å²) in [5.41, 5.74) is 2.37. The SMILES string of the molecule is O=C(Nc1ccc(I)cc1)c1cccc(-c2cc3ccccc3oc2=O)c1. The highest BCUT2D eigenvalue weighted by atomic mass is 127. The molecule has 0 spiro atoms. The van der Waals surface area contributed by atoms with Gasteiger partial charge < -0.3 is 9.73 Å². The number of amides is 1. The van der Waals surface area contributed by atoms with Crippen molar-refractivity contribution in [2.75, 3.05) is 5.32 Å². The summed E-state index contributed by atoms with van der Waals surface area (Å²) in [4.78, 5) is 24.9. The number of nitrogens with one attached hydrogen (secondary N) is 1. The van der Waals surface area contributed by atoms with E-state index in [9.17, 15) is 9.59 Å². The molecule has 0 aliphatic carbocycles. The normalized spacial score (nSPS) is 10.7. The number of hydrogen-bond donors (Lipinski definition) is 1. The van der Waals surface area contributed by atoms with Crippen molar-refractivity contribution in [3.63, 3.8) is 0 Å². The van der Waals surface area contributed by atoms with Gasteiger partial charge in [-0.1, -0.05) is 30.3 Å². The first-order valence-electron chi connectivity index (χ1n) is 8.30. The van der Waals surface area contributed by atoms with E-state index in [2.05, 4.69) is 27.9 Å². The third-order valence-electron chi connectivity index (χ3n) is 4.18. The van der Waals surface area contributed by atoms with Gasteiger partial charge >= 0.3 is 5.63 Å². The van der Waals surface area contributed by atoms with Crippen molar-refractivity contribution in [2.45, 2.75) is 0 Å². The molecule has 0 saturated carbocycles. The number of carbonyl (C=O) groups excluding carboxylic acids is 1. The molecule has 0 unspecified atom stereocenters. The van der Waals surface area contributed by atoms with E-state index in [4.69, 9.17) is 4.42 Å². The Labute approximate surface area is 169 Å². The Bertz CT molecular complexity index is 1200. The van der Waals surface area contributed by atoms with Crippen molar-refractivity contribution < 1.29 is 9.21 Å². The highest BCUT2D eigenvalue weighted by Gasteiger charge is 2.11. The summed E-state index contributed by atoms with van der Waals surface area (Å²) in [5.74, 6) is -0.233. The maximum Gasteiger partial charge on any atom is 0.344 e. The van der Waals surface area contributed by atoms with Crippen LogP contribution in [0.15, 0.2) is 88.1 Å². The number of halogens is 1. The zero-order valence-corrected chi connectivity index (χ0v) is 16.3. The highest BCUT2D eigenvalue weighted by Crippen LogP contribution is 2.22. The molecule has 0 atom stereocenters. The zero-order valence-electron chi connectivity index (χ0n) is 14.1. The number of carbonyl (C=O) groups is 1. The number of rotatable bonds is 3. The number of anilines is 1. The predicted octanol–water partition coefficient (Wildman–Crippen LogP) is 5.32. The van der Waals surface area contributed by atoms with E-state index in [-0.39, 0.29) is 5.91 Å². The molecule has 1 N–H and O–H groups in total. The molecule has 0 aliphatic rings. The van der Waals surface area contributed by atoms with Crippen molar-refractivity contribution in [1.82, 2.24) is 0 Å². The fourth-order valence-corrected chi connectivity index (χ4v) is 3.19. The quantitative estimate of drug-likeness (QED) is 0.328. The second-order valence-corrected chi connectivity index (χ2v) is 7.27.